The van der Waals surface area contributed by atoms with E-state index in [0.29, 0.717) is 15.7 Å². The van der Waals surface area contributed by atoms with Gasteiger partial charge in [-0.1, -0.05) is 0 Å². The van der Waals surface area contributed by atoms with E-state index in [2.05, 4.69) is 0 Å². The maximum Gasteiger partial charge on any atom is 0.460 e. The first-order valence-electron chi connectivity index (χ1n) is 9.79. The van der Waals surface area contributed by atoms with Crippen molar-refractivity contribution >= 4 is 10.0 Å². The van der Waals surface area contributed by atoms with Gasteiger partial charge in [0.1, 0.15) is 6.54 Å². The maximum absolute atomic E-state index is 13.9. The van der Waals surface area contributed by atoms with E-state index in [1.165, 1.54) is 0 Å². The van der Waals surface area contributed by atoms with Crippen LogP contribution in [0.3, 0.4) is 0 Å². The third-order valence-corrected chi connectivity index (χ3v) is 6.21. The summed E-state index contributed by atoms with van der Waals surface area (Å²) in [6.07, 6.45) is -8.54. The topological polar surface area (TPSA) is 55.4 Å². The summed E-state index contributed by atoms with van der Waals surface area (Å²) in [4.78, 5) is 0. The van der Waals surface area contributed by atoms with E-state index in [-0.39, 0.29) is 19.0 Å². The van der Waals surface area contributed by atoms with Crippen LogP contribution < -0.4 is 17.1 Å². The largest absolute Gasteiger partial charge is 1.00 e. The highest BCUT2D eigenvalue weighted by Crippen LogP contribution is 2.64. The lowest BCUT2D eigenvalue weighted by molar-refractivity contribution is -0.870. The van der Waals surface area contributed by atoms with E-state index in [1.807, 2.05) is 0 Å². The lowest BCUT2D eigenvalue weighted by Gasteiger charge is -2.42. The van der Waals surface area contributed by atoms with Crippen LogP contribution in [0.1, 0.15) is 6.42 Å². The Hall–Kier alpha value is -1.07. The molecule has 0 radical (unpaired) electrons. The van der Waals surface area contributed by atoms with Gasteiger partial charge in [-0.25, -0.2) is 13.1 Å². The highest BCUT2D eigenvalue weighted by Gasteiger charge is 2.96. The minimum absolute atomic E-state index is 0. The van der Waals surface area contributed by atoms with Crippen molar-refractivity contribution in [3.63, 3.8) is 0 Å². The van der Waals surface area contributed by atoms with Gasteiger partial charge in [0.25, 0.3) is 10.0 Å². The molecule has 0 spiro atoms. The molecular weight excluding hydrogens is 659 g/mol. The summed E-state index contributed by atoms with van der Waals surface area (Å²) >= 11 is 0. The number of likely N-dealkylation sites (N-methyl/N-ethyl adjacent to an activating group) is 1. The first kappa shape index (κ1) is 41.1. The Bertz CT molecular complexity index is 949. The molecule has 0 aliphatic heterocycles. The SMILES string of the molecule is C[N+](C)(C)CCOCCCNS(=O)(=O)C(F)(F)C(F)(F)C(F)(F)C(F)(F)C(F)(F)C(F)(F)C(F)(F)C(F)(F)F.[Cl-]. The van der Waals surface area contributed by atoms with Crippen LogP contribution in [0.25, 0.3) is 0 Å². The Labute approximate surface area is 221 Å². The van der Waals surface area contributed by atoms with Crippen molar-refractivity contribution in [1.29, 1.82) is 0 Å². The summed E-state index contributed by atoms with van der Waals surface area (Å²) in [6.45, 7) is -1.55. The molecule has 0 saturated carbocycles. The van der Waals surface area contributed by atoms with Crippen LogP contribution in [-0.2, 0) is 14.8 Å². The molecule has 0 aromatic heterocycles. The molecule has 0 aliphatic rings. The van der Waals surface area contributed by atoms with Gasteiger partial charge in [0.2, 0.25) is 0 Å². The van der Waals surface area contributed by atoms with Crippen molar-refractivity contribution in [2.75, 3.05) is 47.4 Å². The molecule has 1 N–H and O–H groups in total. The lowest BCUT2D eigenvalue weighted by Crippen LogP contribution is -3.00. The molecule has 0 aliphatic carbocycles. The van der Waals surface area contributed by atoms with Crippen molar-refractivity contribution in [3.8, 4) is 0 Å². The number of quaternary nitrogens is 1. The summed E-state index contributed by atoms with van der Waals surface area (Å²) in [5, 5.41) is -7.56. The fourth-order valence-electron chi connectivity index (χ4n) is 2.23. The van der Waals surface area contributed by atoms with Crippen molar-refractivity contribution < 1.29 is 105 Å². The number of alkyl halides is 17. The predicted molar refractivity (Wildman–Crippen MR) is 95.9 cm³/mol. The second-order valence-corrected chi connectivity index (χ2v) is 10.6. The van der Waals surface area contributed by atoms with Gasteiger partial charge in [-0.3, -0.25) is 0 Å². The minimum atomic E-state index is -8.85. The molecule has 0 fully saturated rings. The van der Waals surface area contributed by atoms with Crippen LogP contribution in [0.15, 0.2) is 0 Å². The Morgan fingerprint density at radius 3 is 1.30 bits per heavy atom. The van der Waals surface area contributed by atoms with E-state index >= 15 is 0 Å². The van der Waals surface area contributed by atoms with Gasteiger partial charge in [0.05, 0.1) is 27.7 Å². The predicted octanol–water partition coefficient (Wildman–Crippen LogP) is 1.99. The Morgan fingerprint density at radius 2 is 0.950 bits per heavy atom. The van der Waals surface area contributed by atoms with Gasteiger partial charge in [0, 0.05) is 13.2 Å². The van der Waals surface area contributed by atoms with Crippen LogP contribution >= 0.6 is 0 Å². The molecule has 0 rings (SSSR count). The van der Waals surface area contributed by atoms with Crippen molar-refractivity contribution in [1.82, 2.24) is 4.72 Å². The summed E-state index contributed by atoms with van der Waals surface area (Å²) < 4.78 is 253. The Balaban J connectivity index is 0. The average Bonchev–Trinajstić information content (AvgIpc) is 2.70. The van der Waals surface area contributed by atoms with Gasteiger partial charge in [0.15, 0.2) is 0 Å². The second-order valence-electron chi connectivity index (χ2n) is 8.84. The molecule has 5 nitrogen and oxygen atoms in total. The zero-order chi connectivity index (χ0) is 31.9. The van der Waals surface area contributed by atoms with Crippen LogP contribution in [0, 0.1) is 0 Å². The molecule has 0 atom stereocenters. The summed E-state index contributed by atoms with van der Waals surface area (Å²) in [7, 11) is -2.20. The van der Waals surface area contributed by atoms with E-state index in [0.717, 1.165) is 0 Å². The summed E-state index contributed by atoms with van der Waals surface area (Å²) in [6, 6.07) is 0. The molecule has 0 unspecified atom stereocenters. The van der Waals surface area contributed by atoms with Crippen LogP contribution in [-0.4, -0.2) is 107 Å². The van der Waals surface area contributed by atoms with E-state index in [4.69, 9.17) is 4.74 Å². The minimum Gasteiger partial charge on any atom is -1.00 e. The molecule has 40 heavy (non-hydrogen) atoms. The standard InChI is InChI=1S/C16H20F17N2O3S.ClH/c1-35(2,3)6-8-38-7-4-5-34-39(36,37)16(32,33)14(27,28)12(23,24)10(19,20)9(17,18)11(21,22)13(25,26)15(29,30)31;/h34H,4-8H2,1-3H3;1H/q+1;/p-1. The van der Waals surface area contributed by atoms with Crippen LogP contribution in [0.2, 0.25) is 0 Å². The highest BCUT2D eigenvalue weighted by atomic mass is 35.5. The number of nitrogens with one attached hydrogen (secondary N) is 1. The van der Waals surface area contributed by atoms with E-state index in [9.17, 15) is 83.1 Å². The van der Waals surface area contributed by atoms with Crippen LogP contribution in [0.5, 0.6) is 0 Å². The third kappa shape index (κ3) is 6.93. The lowest BCUT2D eigenvalue weighted by atomic mass is 9.91. The number of hydrogen-bond acceptors (Lipinski definition) is 3. The van der Waals surface area contributed by atoms with E-state index in [1.54, 1.807) is 21.1 Å². The zero-order valence-electron chi connectivity index (χ0n) is 19.9. The molecule has 0 aromatic carbocycles. The first-order chi connectivity index (χ1) is 16.7. The van der Waals surface area contributed by atoms with Crippen LogP contribution in [0.4, 0.5) is 74.6 Å². The Kier molecular flexibility index (Phi) is 12.2. The second kappa shape index (κ2) is 11.9. The molecule has 0 heterocycles. The summed E-state index contributed by atoms with van der Waals surface area (Å²) in [5.74, 6) is -51.6. The van der Waals surface area contributed by atoms with E-state index < -0.39 is 76.6 Å². The number of nitrogens with zero attached hydrogens (tertiary/aromatic N) is 1. The molecule has 0 saturated heterocycles. The van der Waals surface area contributed by atoms with Crippen molar-refractivity contribution in [2.45, 2.75) is 53.4 Å². The summed E-state index contributed by atoms with van der Waals surface area (Å²) in [5.41, 5.74) is 0. The molecular formula is C16H20ClF17N2O3S. The molecule has 0 aromatic rings. The number of halogens is 18. The highest BCUT2D eigenvalue weighted by molar-refractivity contribution is 7.90. The first-order valence-corrected chi connectivity index (χ1v) is 11.3. The van der Waals surface area contributed by atoms with Gasteiger partial charge in [-0.05, 0) is 6.42 Å². The van der Waals surface area contributed by atoms with Gasteiger partial charge in [-0.15, -0.1) is 0 Å². The monoisotopic (exact) mass is 678 g/mol. The normalized spacial score (nSPS) is 15.7. The molecule has 0 bridgehead atoms. The Morgan fingerprint density at radius 1 is 0.600 bits per heavy atom. The number of rotatable bonds is 15. The smallest absolute Gasteiger partial charge is 0.460 e. The fourth-order valence-corrected chi connectivity index (χ4v) is 3.29. The van der Waals surface area contributed by atoms with Gasteiger partial charge < -0.3 is 21.6 Å². The fraction of sp³-hybridized carbons (Fsp3) is 1.00. The molecule has 24 heteroatoms. The zero-order valence-corrected chi connectivity index (χ0v) is 21.5. The van der Waals surface area contributed by atoms with Gasteiger partial charge >= 0.3 is 47.0 Å². The quantitative estimate of drug-likeness (QED) is 0.164. The molecule has 244 valence electrons. The number of hydrogen-bond donors (Lipinski definition) is 1. The third-order valence-electron chi connectivity index (χ3n) is 4.69. The van der Waals surface area contributed by atoms with Gasteiger partial charge in [-0.2, -0.15) is 74.6 Å². The maximum atomic E-state index is 13.9. The average molecular weight is 679 g/mol. The van der Waals surface area contributed by atoms with Crippen molar-refractivity contribution in [3.05, 3.63) is 0 Å². The number of ether oxygens (including phenoxy) is 1. The molecule has 0 amide bonds. The van der Waals surface area contributed by atoms with Crippen molar-refractivity contribution in [2.24, 2.45) is 0 Å². The number of sulfonamides is 1.